The van der Waals surface area contributed by atoms with E-state index in [0.717, 1.165) is 12.1 Å². The van der Waals surface area contributed by atoms with Crippen LogP contribution in [0.25, 0.3) is 0 Å². The highest BCUT2D eigenvalue weighted by Crippen LogP contribution is 2.33. The fraction of sp³-hybridized carbons (Fsp3) is 0.600. The lowest BCUT2D eigenvalue weighted by Crippen LogP contribution is -2.24. The highest BCUT2D eigenvalue weighted by Gasteiger charge is 2.28. The van der Waals surface area contributed by atoms with E-state index in [2.05, 4.69) is 5.32 Å². The van der Waals surface area contributed by atoms with Crippen LogP contribution in [0, 0.1) is 6.92 Å². The smallest absolute Gasteiger partial charge is 0.313 e. The summed E-state index contributed by atoms with van der Waals surface area (Å²) in [5.74, 6) is 0.278. The fourth-order valence-electron chi connectivity index (χ4n) is 2.14. The molecule has 0 aromatic heterocycles. The second kappa shape index (κ2) is 6.85. The van der Waals surface area contributed by atoms with Crippen LogP contribution < -0.4 is 5.32 Å². The first-order valence-electron chi connectivity index (χ1n) is 6.95. The third-order valence-electron chi connectivity index (χ3n) is 3.51. The van der Waals surface area contributed by atoms with Crippen LogP contribution in [-0.2, 0) is 0 Å². The number of halogens is 3. The Morgan fingerprint density at radius 3 is 2.45 bits per heavy atom. The Hall–Kier alpha value is -0.680. The average Bonchev–Trinajstić information content (AvgIpc) is 3.17. The first kappa shape index (κ1) is 15.7. The van der Waals surface area contributed by atoms with Crippen LogP contribution in [-0.4, -0.2) is 23.8 Å². The van der Waals surface area contributed by atoms with Crippen molar-refractivity contribution >= 4 is 11.8 Å². The molecule has 0 bridgehead atoms. The Morgan fingerprint density at radius 2 is 1.90 bits per heavy atom. The van der Waals surface area contributed by atoms with Gasteiger partial charge in [-0.25, -0.2) is 0 Å². The molecule has 1 N–H and O–H groups in total. The monoisotopic (exact) mass is 303 g/mol. The molecule has 1 atom stereocenters. The van der Waals surface area contributed by atoms with Crippen molar-refractivity contribution in [3.05, 3.63) is 35.4 Å². The number of nitrogens with one attached hydrogen (secondary N) is 1. The van der Waals surface area contributed by atoms with E-state index >= 15 is 0 Å². The van der Waals surface area contributed by atoms with Gasteiger partial charge in [0, 0.05) is 18.3 Å². The molecular weight excluding hydrogens is 283 g/mol. The Kier molecular flexibility index (Phi) is 5.38. The van der Waals surface area contributed by atoms with Gasteiger partial charge in [0.2, 0.25) is 0 Å². The number of hydrogen-bond donors (Lipinski definition) is 1. The summed E-state index contributed by atoms with van der Waals surface area (Å²) in [5.41, 5.74) is -1.82. The number of thioether (sulfide) groups is 1. The first-order valence-corrected chi connectivity index (χ1v) is 7.93. The van der Waals surface area contributed by atoms with Crippen LogP contribution in [0.2, 0.25) is 0 Å². The van der Waals surface area contributed by atoms with Gasteiger partial charge in [0.1, 0.15) is 0 Å². The topological polar surface area (TPSA) is 12.0 Å². The molecule has 0 saturated heterocycles. The Bertz CT molecular complexity index is 412. The summed E-state index contributed by atoms with van der Waals surface area (Å²) < 4.78 is 36.7. The van der Waals surface area contributed by atoms with Crippen LogP contribution in [0.3, 0.4) is 0 Å². The summed E-state index contributed by atoms with van der Waals surface area (Å²) in [7, 11) is 0. The van der Waals surface area contributed by atoms with Crippen LogP contribution in [0.15, 0.2) is 24.3 Å². The summed E-state index contributed by atoms with van der Waals surface area (Å²) >= 11 is 0.0818. The van der Waals surface area contributed by atoms with Gasteiger partial charge in [0.25, 0.3) is 0 Å². The number of hydrogen-bond acceptors (Lipinski definition) is 2. The second-order valence-corrected chi connectivity index (χ2v) is 6.53. The summed E-state index contributed by atoms with van der Waals surface area (Å²) in [4.78, 5) is 0. The quantitative estimate of drug-likeness (QED) is 0.797. The predicted octanol–water partition coefficient (Wildman–Crippen LogP) is 4.47. The van der Waals surface area contributed by atoms with E-state index in [9.17, 15) is 13.2 Å². The number of alkyl halides is 3. The zero-order valence-electron chi connectivity index (χ0n) is 11.5. The third-order valence-corrected chi connectivity index (χ3v) is 4.28. The van der Waals surface area contributed by atoms with Gasteiger partial charge >= 0.3 is 5.51 Å². The van der Waals surface area contributed by atoms with Gasteiger partial charge < -0.3 is 5.32 Å². The van der Waals surface area contributed by atoms with Crippen LogP contribution in [0.4, 0.5) is 13.2 Å². The van der Waals surface area contributed by atoms with Gasteiger partial charge in [0.05, 0.1) is 0 Å². The summed E-state index contributed by atoms with van der Waals surface area (Å²) in [6, 6.07) is 8.70. The molecule has 1 aromatic rings. The highest BCUT2D eigenvalue weighted by atomic mass is 32.2. The molecule has 1 aliphatic rings. The maximum atomic E-state index is 12.2. The minimum atomic E-state index is -4.12. The van der Waals surface area contributed by atoms with E-state index in [1.807, 2.05) is 31.2 Å². The lowest BCUT2D eigenvalue weighted by Gasteiger charge is -2.18. The molecule has 1 aliphatic carbocycles. The molecule has 112 valence electrons. The SMILES string of the molecule is Cc1ccc(C(CCSC(F)(F)F)CNC2CC2)cc1. The van der Waals surface area contributed by atoms with Crippen molar-refractivity contribution in [3.63, 3.8) is 0 Å². The van der Waals surface area contributed by atoms with Gasteiger partial charge in [-0.3, -0.25) is 0 Å². The Labute approximate surface area is 122 Å². The first-order chi connectivity index (χ1) is 9.44. The van der Waals surface area contributed by atoms with Crippen molar-refractivity contribution in [2.75, 3.05) is 12.3 Å². The van der Waals surface area contributed by atoms with Crippen molar-refractivity contribution in [1.29, 1.82) is 0 Å². The zero-order chi connectivity index (χ0) is 14.6. The van der Waals surface area contributed by atoms with Crippen molar-refractivity contribution in [2.45, 2.75) is 43.7 Å². The molecule has 2 rings (SSSR count). The molecule has 20 heavy (non-hydrogen) atoms. The molecule has 1 fully saturated rings. The molecule has 1 aromatic carbocycles. The molecule has 0 spiro atoms. The molecule has 0 amide bonds. The molecule has 0 heterocycles. The lowest BCUT2D eigenvalue weighted by atomic mass is 9.95. The molecule has 0 radical (unpaired) electrons. The van der Waals surface area contributed by atoms with Gasteiger partial charge in [-0.15, -0.1) is 0 Å². The van der Waals surface area contributed by atoms with Gasteiger partial charge in [0.15, 0.2) is 0 Å². The molecule has 0 aliphatic heterocycles. The van der Waals surface area contributed by atoms with Gasteiger partial charge in [-0.1, -0.05) is 41.6 Å². The maximum Gasteiger partial charge on any atom is 0.441 e. The van der Waals surface area contributed by atoms with E-state index < -0.39 is 5.51 Å². The standard InChI is InChI=1S/C15H20F3NS/c1-11-2-4-12(5-3-11)13(10-19-14-6-7-14)8-9-20-15(16,17)18/h2-5,13-14,19H,6-10H2,1H3. The van der Waals surface area contributed by atoms with Gasteiger partial charge in [-0.05, 0) is 37.7 Å². The average molecular weight is 303 g/mol. The normalized spacial score (nSPS) is 17.2. The summed E-state index contributed by atoms with van der Waals surface area (Å²) in [6.45, 7) is 2.78. The summed E-state index contributed by atoms with van der Waals surface area (Å²) in [6.07, 6.45) is 2.93. The second-order valence-electron chi connectivity index (χ2n) is 5.37. The third kappa shape index (κ3) is 5.75. The van der Waals surface area contributed by atoms with Gasteiger partial charge in [-0.2, -0.15) is 13.2 Å². The predicted molar refractivity (Wildman–Crippen MR) is 78.1 cm³/mol. The minimum absolute atomic E-state index is 0.0818. The Morgan fingerprint density at radius 1 is 1.25 bits per heavy atom. The Balaban J connectivity index is 1.90. The fourth-order valence-corrected chi connectivity index (χ4v) is 2.77. The van der Waals surface area contributed by atoms with E-state index in [1.165, 1.54) is 18.4 Å². The van der Waals surface area contributed by atoms with E-state index in [-0.39, 0.29) is 23.4 Å². The maximum absolute atomic E-state index is 12.2. The largest absolute Gasteiger partial charge is 0.441 e. The van der Waals surface area contributed by atoms with Crippen molar-refractivity contribution in [1.82, 2.24) is 5.32 Å². The van der Waals surface area contributed by atoms with Crippen molar-refractivity contribution in [2.24, 2.45) is 0 Å². The zero-order valence-corrected chi connectivity index (χ0v) is 12.4. The number of aryl methyl sites for hydroxylation is 1. The van der Waals surface area contributed by atoms with Crippen LogP contribution >= 0.6 is 11.8 Å². The molecular formula is C15H20F3NS. The van der Waals surface area contributed by atoms with E-state index in [1.54, 1.807) is 0 Å². The van der Waals surface area contributed by atoms with E-state index in [0.29, 0.717) is 12.5 Å². The lowest BCUT2D eigenvalue weighted by molar-refractivity contribution is -0.0328. The highest BCUT2D eigenvalue weighted by molar-refractivity contribution is 8.00. The van der Waals surface area contributed by atoms with Crippen LogP contribution in [0.5, 0.6) is 0 Å². The molecule has 1 saturated carbocycles. The summed E-state index contributed by atoms with van der Waals surface area (Å²) in [5, 5.41) is 3.43. The van der Waals surface area contributed by atoms with E-state index in [4.69, 9.17) is 0 Å². The number of benzene rings is 1. The number of rotatable bonds is 7. The minimum Gasteiger partial charge on any atom is -0.313 e. The van der Waals surface area contributed by atoms with Crippen molar-refractivity contribution < 1.29 is 13.2 Å². The molecule has 1 nitrogen and oxygen atoms in total. The van der Waals surface area contributed by atoms with Crippen LogP contribution in [0.1, 0.15) is 36.3 Å². The molecule has 5 heteroatoms. The molecule has 1 unspecified atom stereocenters. The van der Waals surface area contributed by atoms with Crippen molar-refractivity contribution in [3.8, 4) is 0 Å².